The summed E-state index contributed by atoms with van der Waals surface area (Å²) in [5, 5.41) is 5.98. The van der Waals surface area contributed by atoms with Crippen LogP contribution in [0.3, 0.4) is 0 Å². The lowest BCUT2D eigenvalue weighted by Crippen LogP contribution is -1.96. The molecule has 0 amide bonds. The molecular weight excluding hydrogens is 520 g/mol. The molecule has 0 saturated carbocycles. The first-order valence-corrected chi connectivity index (χ1v) is 14.8. The van der Waals surface area contributed by atoms with E-state index >= 15 is 0 Å². The molecule has 0 atom stereocenters. The average Bonchev–Trinajstić information content (AvgIpc) is 3.47. The fourth-order valence-corrected chi connectivity index (χ4v) is 6.80. The van der Waals surface area contributed by atoms with E-state index in [1.807, 2.05) is 0 Å². The van der Waals surface area contributed by atoms with Crippen molar-refractivity contribution in [1.29, 1.82) is 0 Å². The van der Waals surface area contributed by atoms with Crippen LogP contribution >= 0.6 is 0 Å². The lowest BCUT2D eigenvalue weighted by Gasteiger charge is -2.14. The predicted octanol–water partition coefficient (Wildman–Crippen LogP) is 10.5. The second kappa shape index (κ2) is 9.47. The van der Waals surface area contributed by atoms with E-state index in [-0.39, 0.29) is 0 Å². The summed E-state index contributed by atoms with van der Waals surface area (Å²) in [5.74, 6) is 0.744. The van der Waals surface area contributed by atoms with Gasteiger partial charge in [0.15, 0.2) is 5.82 Å². The molecule has 0 spiro atoms. The van der Waals surface area contributed by atoms with Crippen LogP contribution in [-0.2, 0) is 6.42 Å². The number of nitrogens with zero attached hydrogens (tertiary/aromatic N) is 2. The van der Waals surface area contributed by atoms with Gasteiger partial charge in [-0.2, -0.15) is 0 Å². The number of aromatic nitrogens is 2. The van der Waals surface area contributed by atoms with E-state index in [1.165, 1.54) is 54.9 Å². The molecule has 0 bridgehead atoms. The first-order chi connectivity index (χ1) is 21.3. The molecule has 43 heavy (non-hydrogen) atoms. The molecule has 200 valence electrons. The summed E-state index contributed by atoms with van der Waals surface area (Å²) in [7, 11) is 0. The third kappa shape index (κ3) is 3.88. The Morgan fingerprint density at radius 2 is 1.14 bits per heavy atom. The summed E-state index contributed by atoms with van der Waals surface area (Å²) in [5.41, 5.74) is 12.0. The van der Waals surface area contributed by atoms with Crippen molar-refractivity contribution in [3.05, 3.63) is 157 Å². The van der Waals surface area contributed by atoms with E-state index in [0.29, 0.717) is 0 Å². The van der Waals surface area contributed by atoms with Crippen molar-refractivity contribution < 1.29 is 0 Å². The highest BCUT2D eigenvalue weighted by atomic mass is 14.9. The molecular formula is C41H26N2. The van der Waals surface area contributed by atoms with Crippen LogP contribution in [0.5, 0.6) is 0 Å². The number of benzene rings is 7. The quantitative estimate of drug-likeness (QED) is 0.220. The molecule has 0 unspecified atom stereocenters. The topological polar surface area (TPSA) is 25.8 Å². The van der Waals surface area contributed by atoms with Gasteiger partial charge in [-0.15, -0.1) is 0 Å². The monoisotopic (exact) mass is 546 g/mol. The molecule has 0 N–H and O–H groups in total. The minimum atomic E-state index is 0.744. The number of fused-ring (bicyclic) bond motifs is 7. The summed E-state index contributed by atoms with van der Waals surface area (Å²) in [6.07, 6.45) is 0.963. The molecule has 0 radical (unpaired) electrons. The lowest BCUT2D eigenvalue weighted by atomic mass is 9.93. The molecule has 1 aliphatic carbocycles. The summed E-state index contributed by atoms with van der Waals surface area (Å²) in [6.45, 7) is 0. The van der Waals surface area contributed by atoms with Gasteiger partial charge in [0.25, 0.3) is 0 Å². The molecule has 1 aliphatic rings. The first-order valence-electron chi connectivity index (χ1n) is 14.8. The van der Waals surface area contributed by atoms with E-state index in [2.05, 4.69) is 146 Å². The van der Waals surface area contributed by atoms with Gasteiger partial charge in [0.05, 0.1) is 11.2 Å². The maximum absolute atomic E-state index is 5.29. The Morgan fingerprint density at radius 1 is 0.419 bits per heavy atom. The van der Waals surface area contributed by atoms with Crippen LogP contribution in [-0.4, -0.2) is 9.97 Å². The summed E-state index contributed by atoms with van der Waals surface area (Å²) < 4.78 is 0. The minimum Gasteiger partial charge on any atom is -0.228 e. The van der Waals surface area contributed by atoms with E-state index in [0.717, 1.165) is 40.0 Å². The Labute approximate surface area is 250 Å². The third-order valence-electron chi connectivity index (χ3n) is 8.91. The van der Waals surface area contributed by atoms with E-state index in [4.69, 9.17) is 9.97 Å². The van der Waals surface area contributed by atoms with Crippen molar-refractivity contribution in [3.63, 3.8) is 0 Å². The number of rotatable bonds is 3. The Kier molecular flexibility index (Phi) is 5.30. The molecule has 2 nitrogen and oxygen atoms in total. The number of hydrogen-bond donors (Lipinski definition) is 0. The van der Waals surface area contributed by atoms with Gasteiger partial charge >= 0.3 is 0 Å². The van der Waals surface area contributed by atoms with E-state index < -0.39 is 0 Å². The van der Waals surface area contributed by atoms with Crippen LogP contribution in [0.4, 0.5) is 0 Å². The van der Waals surface area contributed by atoms with Crippen molar-refractivity contribution in [3.8, 4) is 44.9 Å². The van der Waals surface area contributed by atoms with Gasteiger partial charge < -0.3 is 0 Å². The highest BCUT2D eigenvalue weighted by Crippen LogP contribution is 2.43. The largest absolute Gasteiger partial charge is 0.228 e. The van der Waals surface area contributed by atoms with Gasteiger partial charge in [-0.05, 0) is 79.5 Å². The molecule has 0 fully saturated rings. The van der Waals surface area contributed by atoms with Gasteiger partial charge in [-0.1, -0.05) is 127 Å². The van der Waals surface area contributed by atoms with Gasteiger partial charge in [-0.25, -0.2) is 9.97 Å². The second-order valence-corrected chi connectivity index (χ2v) is 11.4. The predicted molar refractivity (Wildman–Crippen MR) is 179 cm³/mol. The highest BCUT2D eigenvalue weighted by molar-refractivity contribution is 6.07. The summed E-state index contributed by atoms with van der Waals surface area (Å²) >= 11 is 0. The molecule has 7 aromatic carbocycles. The van der Waals surface area contributed by atoms with Gasteiger partial charge in [-0.3, -0.25) is 0 Å². The van der Waals surface area contributed by atoms with Crippen molar-refractivity contribution in [2.75, 3.05) is 0 Å². The standard InChI is InChI=1S/C41H26N2/c1-2-9-26(10-3-1)27-17-18-29-24-31(20-19-28(29)23-27)41-42-39-16-7-6-13-37(39)40(43-41)36-15-8-14-33-35(36)22-21-34-32-12-5-4-11-30(32)25-38(33)34/h1-24H,25H2. The number of hydrogen-bond acceptors (Lipinski definition) is 2. The van der Waals surface area contributed by atoms with Crippen LogP contribution in [0.15, 0.2) is 146 Å². The maximum atomic E-state index is 5.29. The second-order valence-electron chi connectivity index (χ2n) is 11.4. The highest BCUT2D eigenvalue weighted by Gasteiger charge is 2.22. The van der Waals surface area contributed by atoms with Crippen LogP contribution < -0.4 is 0 Å². The third-order valence-corrected chi connectivity index (χ3v) is 8.91. The summed E-state index contributed by atoms with van der Waals surface area (Å²) in [6, 6.07) is 52.1. The SMILES string of the molecule is c1ccc(-c2ccc3cc(-c4nc(-c5cccc6c7c(ccc56)-c5ccccc5C7)c5ccccc5n4)ccc3c2)cc1. The average molecular weight is 547 g/mol. The van der Waals surface area contributed by atoms with Crippen LogP contribution in [0, 0.1) is 0 Å². The lowest BCUT2D eigenvalue weighted by molar-refractivity contribution is 1.23. The zero-order valence-corrected chi connectivity index (χ0v) is 23.5. The molecule has 0 aliphatic heterocycles. The molecule has 1 heterocycles. The van der Waals surface area contributed by atoms with Crippen molar-refractivity contribution in [2.45, 2.75) is 6.42 Å². The van der Waals surface area contributed by atoms with Crippen molar-refractivity contribution in [1.82, 2.24) is 9.97 Å². The minimum absolute atomic E-state index is 0.744. The molecule has 1 aromatic heterocycles. The van der Waals surface area contributed by atoms with Crippen LogP contribution in [0.25, 0.3) is 77.3 Å². The molecule has 9 rings (SSSR count). The molecule has 2 heteroatoms. The molecule has 0 saturated heterocycles. The zero-order chi connectivity index (χ0) is 28.3. The Bertz CT molecular complexity index is 2370. The Morgan fingerprint density at radius 3 is 2.05 bits per heavy atom. The van der Waals surface area contributed by atoms with Crippen molar-refractivity contribution in [2.24, 2.45) is 0 Å². The Balaban J connectivity index is 1.20. The van der Waals surface area contributed by atoms with Gasteiger partial charge in [0.2, 0.25) is 0 Å². The van der Waals surface area contributed by atoms with E-state index in [9.17, 15) is 0 Å². The molecule has 8 aromatic rings. The smallest absolute Gasteiger partial charge is 0.160 e. The van der Waals surface area contributed by atoms with Crippen molar-refractivity contribution >= 4 is 32.4 Å². The summed E-state index contributed by atoms with van der Waals surface area (Å²) in [4.78, 5) is 10.3. The maximum Gasteiger partial charge on any atom is 0.160 e. The van der Waals surface area contributed by atoms with Gasteiger partial charge in [0, 0.05) is 16.5 Å². The number of para-hydroxylation sites is 1. The van der Waals surface area contributed by atoms with Crippen LogP contribution in [0.2, 0.25) is 0 Å². The van der Waals surface area contributed by atoms with Crippen LogP contribution in [0.1, 0.15) is 11.1 Å². The zero-order valence-electron chi connectivity index (χ0n) is 23.5. The fourth-order valence-electron chi connectivity index (χ4n) is 6.80. The Hall–Kier alpha value is -5.60. The normalized spacial score (nSPS) is 12.1. The fraction of sp³-hybridized carbons (Fsp3) is 0.0244. The first kappa shape index (κ1) is 24.0. The van der Waals surface area contributed by atoms with E-state index in [1.54, 1.807) is 0 Å². The van der Waals surface area contributed by atoms with Gasteiger partial charge in [0.1, 0.15) is 0 Å².